The molecule has 3 aromatic carbocycles. The monoisotopic (exact) mass is 556 g/mol. The Morgan fingerprint density at radius 3 is 1.65 bits per heavy atom. The molecule has 0 aliphatic heterocycles. The summed E-state index contributed by atoms with van der Waals surface area (Å²) in [6.45, 7) is 17.6. The summed E-state index contributed by atoms with van der Waals surface area (Å²) in [7, 11) is -1.88. The van der Waals surface area contributed by atoms with E-state index in [1.165, 1.54) is 0 Å². The molecule has 0 aromatic heterocycles. The van der Waals surface area contributed by atoms with Crippen LogP contribution in [0.1, 0.15) is 94.9 Å². The molecule has 0 amide bonds. The standard InChI is InChI=1S/C35H44O4Si/c1-23(2)32(36)28-15-10-25(11-16-28)20-27-14-19-30(31(22-27)33(37)24(3)4)21-26-12-17-29(18-13-26)34(38)35(5,6)39-40(7,8)9/h10-19,22-24H,20-21H2,1-9H3. The normalized spacial score (nSPS) is 12.2. The van der Waals surface area contributed by atoms with E-state index in [0.717, 1.165) is 33.4 Å². The highest BCUT2D eigenvalue weighted by Gasteiger charge is 2.34. The number of benzene rings is 3. The Morgan fingerprint density at radius 2 is 1.15 bits per heavy atom. The minimum atomic E-state index is -1.88. The molecule has 4 nitrogen and oxygen atoms in total. The number of hydrogen-bond donors (Lipinski definition) is 0. The van der Waals surface area contributed by atoms with E-state index < -0.39 is 13.9 Å². The van der Waals surface area contributed by atoms with Crippen molar-refractivity contribution in [3.8, 4) is 0 Å². The van der Waals surface area contributed by atoms with Gasteiger partial charge in [-0.2, -0.15) is 0 Å². The molecule has 0 bridgehead atoms. The smallest absolute Gasteiger partial charge is 0.192 e. The van der Waals surface area contributed by atoms with Gasteiger partial charge in [-0.25, -0.2) is 0 Å². The van der Waals surface area contributed by atoms with Crippen LogP contribution in [0.4, 0.5) is 0 Å². The van der Waals surface area contributed by atoms with Crippen LogP contribution in [0.25, 0.3) is 0 Å². The Labute approximate surface area is 241 Å². The lowest BCUT2D eigenvalue weighted by atomic mass is 9.89. The molecule has 0 radical (unpaired) electrons. The molecule has 40 heavy (non-hydrogen) atoms. The molecule has 3 rings (SSSR count). The number of carbonyl (C=O) groups is 3. The Balaban J connectivity index is 1.82. The van der Waals surface area contributed by atoms with Crippen LogP contribution in [0.3, 0.4) is 0 Å². The highest BCUT2D eigenvalue weighted by molar-refractivity contribution is 6.70. The predicted octanol–water partition coefficient (Wildman–Crippen LogP) is 8.36. The molecule has 0 saturated carbocycles. The quantitative estimate of drug-likeness (QED) is 0.166. The molecular formula is C35H44O4Si. The number of ketones is 3. The third kappa shape index (κ3) is 8.18. The summed E-state index contributed by atoms with van der Waals surface area (Å²) in [5.41, 5.74) is 5.38. The van der Waals surface area contributed by atoms with E-state index >= 15 is 0 Å². The van der Waals surface area contributed by atoms with Gasteiger partial charge in [0, 0.05) is 28.5 Å². The Kier molecular flexibility index (Phi) is 9.86. The molecule has 0 N–H and O–H groups in total. The van der Waals surface area contributed by atoms with Crippen LogP contribution in [-0.2, 0) is 17.3 Å². The predicted molar refractivity (Wildman–Crippen MR) is 166 cm³/mol. The zero-order chi connectivity index (χ0) is 29.8. The molecule has 212 valence electrons. The van der Waals surface area contributed by atoms with Crippen molar-refractivity contribution in [1.29, 1.82) is 0 Å². The van der Waals surface area contributed by atoms with Gasteiger partial charge in [0.2, 0.25) is 0 Å². The SMILES string of the molecule is CC(C)C(=O)c1ccc(Cc2ccc(Cc3ccc(C(=O)C(C)(C)O[Si](C)(C)C)cc3)c(C(=O)C(C)C)c2)cc1. The van der Waals surface area contributed by atoms with Crippen molar-refractivity contribution in [2.24, 2.45) is 11.8 Å². The van der Waals surface area contributed by atoms with Crippen LogP contribution in [0.2, 0.25) is 19.6 Å². The third-order valence-corrected chi connectivity index (χ3v) is 7.98. The zero-order valence-electron chi connectivity index (χ0n) is 25.6. The second kappa shape index (κ2) is 12.6. The lowest BCUT2D eigenvalue weighted by Crippen LogP contribution is -2.44. The minimum absolute atomic E-state index is 0.0249. The van der Waals surface area contributed by atoms with Crippen molar-refractivity contribution in [2.75, 3.05) is 0 Å². The molecule has 0 atom stereocenters. The molecule has 0 saturated heterocycles. The lowest BCUT2D eigenvalue weighted by molar-refractivity contribution is 0.0558. The van der Waals surface area contributed by atoms with Gasteiger partial charge in [0.25, 0.3) is 0 Å². The first kappa shape index (κ1) is 31.4. The number of rotatable bonds is 12. The summed E-state index contributed by atoms with van der Waals surface area (Å²) in [5.74, 6) is 0.0797. The van der Waals surface area contributed by atoms with E-state index in [1.54, 1.807) is 0 Å². The molecule has 5 heteroatoms. The van der Waals surface area contributed by atoms with E-state index in [9.17, 15) is 14.4 Å². The highest BCUT2D eigenvalue weighted by Crippen LogP contribution is 2.25. The molecule has 0 unspecified atom stereocenters. The van der Waals surface area contributed by atoms with Crippen LogP contribution >= 0.6 is 0 Å². The lowest BCUT2D eigenvalue weighted by Gasteiger charge is -2.31. The summed E-state index contributed by atoms with van der Waals surface area (Å²) >= 11 is 0. The molecule has 0 spiro atoms. The fourth-order valence-corrected chi connectivity index (χ4v) is 6.56. The molecule has 0 aliphatic carbocycles. The maximum atomic E-state index is 13.2. The summed E-state index contributed by atoms with van der Waals surface area (Å²) in [6.07, 6.45) is 1.28. The number of hydrogen-bond acceptors (Lipinski definition) is 4. The molecule has 0 fully saturated rings. The number of Topliss-reactive ketones (excluding diaryl/α,β-unsaturated/α-hetero) is 3. The summed E-state index contributed by atoms with van der Waals surface area (Å²) in [4.78, 5) is 38.6. The van der Waals surface area contributed by atoms with Crippen molar-refractivity contribution >= 4 is 25.7 Å². The maximum absolute atomic E-state index is 13.2. The van der Waals surface area contributed by atoms with Gasteiger partial charge in [0.15, 0.2) is 25.7 Å². The summed E-state index contributed by atoms with van der Waals surface area (Å²) < 4.78 is 6.15. The van der Waals surface area contributed by atoms with Gasteiger partial charge in [-0.3, -0.25) is 14.4 Å². The molecule has 0 heterocycles. The number of carbonyl (C=O) groups excluding carboxylic acids is 3. The van der Waals surface area contributed by atoms with Gasteiger partial charge >= 0.3 is 0 Å². The van der Waals surface area contributed by atoms with Gasteiger partial charge in [0.1, 0.15) is 5.60 Å². The van der Waals surface area contributed by atoms with E-state index in [4.69, 9.17) is 4.43 Å². The first-order valence-corrected chi connectivity index (χ1v) is 17.6. The van der Waals surface area contributed by atoms with E-state index in [1.807, 2.05) is 102 Å². The Hall–Kier alpha value is -3.15. The van der Waals surface area contributed by atoms with Crippen LogP contribution in [0.15, 0.2) is 66.7 Å². The van der Waals surface area contributed by atoms with Crippen molar-refractivity contribution in [1.82, 2.24) is 0 Å². The van der Waals surface area contributed by atoms with Gasteiger partial charge in [-0.15, -0.1) is 0 Å². The Bertz CT molecular complexity index is 1360. The first-order valence-electron chi connectivity index (χ1n) is 14.2. The molecular weight excluding hydrogens is 512 g/mol. The average Bonchev–Trinajstić information content (AvgIpc) is 2.87. The summed E-state index contributed by atoms with van der Waals surface area (Å²) in [6, 6.07) is 21.6. The topological polar surface area (TPSA) is 60.4 Å². The fourth-order valence-electron chi connectivity index (χ4n) is 4.94. The average molecular weight is 557 g/mol. The maximum Gasteiger partial charge on any atom is 0.192 e. The minimum Gasteiger partial charge on any atom is -0.405 e. The molecule has 0 aliphatic rings. The van der Waals surface area contributed by atoms with Gasteiger partial charge in [-0.1, -0.05) is 88.4 Å². The van der Waals surface area contributed by atoms with Crippen LogP contribution in [-0.4, -0.2) is 31.3 Å². The first-order chi connectivity index (χ1) is 18.6. The largest absolute Gasteiger partial charge is 0.405 e. The van der Waals surface area contributed by atoms with Crippen molar-refractivity contribution in [3.05, 3.63) is 106 Å². The van der Waals surface area contributed by atoms with Crippen molar-refractivity contribution in [3.63, 3.8) is 0 Å². The Morgan fingerprint density at radius 1 is 0.675 bits per heavy atom. The second-order valence-electron chi connectivity index (χ2n) is 12.8. The van der Waals surface area contributed by atoms with Gasteiger partial charge in [-0.05, 0) is 74.7 Å². The van der Waals surface area contributed by atoms with Crippen molar-refractivity contribution < 1.29 is 18.8 Å². The highest BCUT2D eigenvalue weighted by atomic mass is 28.4. The van der Waals surface area contributed by atoms with E-state index in [2.05, 4.69) is 25.7 Å². The second-order valence-corrected chi connectivity index (χ2v) is 17.3. The molecule has 3 aromatic rings. The van der Waals surface area contributed by atoms with E-state index in [-0.39, 0.29) is 29.2 Å². The van der Waals surface area contributed by atoms with Crippen LogP contribution in [0, 0.1) is 11.8 Å². The van der Waals surface area contributed by atoms with Crippen molar-refractivity contribution in [2.45, 2.75) is 79.6 Å². The summed E-state index contributed by atoms with van der Waals surface area (Å²) in [5, 5.41) is 0. The third-order valence-electron chi connectivity index (χ3n) is 6.85. The van der Waals surface area contributed by atoms with Crippen LogP contribution < -0.4 is 0 Å². The zero-order valence-corrected chi connectivity index (χ0v) is 26.6. The van der Waals surface area contributed by atoms with Crippen LogP contribution in [0.5, 0.6) is 0 Å². The fraction of sp³-hybridized carbons (Fsp3) is 0.400. The van der Waals surface area contributed by atoms with E-state index in [0.29, 0.717) is 18.4 Å². The van der Waals surface area contributed by atoms with Gasteiger partial charge in [0.05, 0.1) is 0 Å². The van der Waals surface area contributed by atoms with Gasteiger partial charge < -0.3 is 4.43 Å².